The van der Waals surface area contributed by atoms with Crippen LogP contribution in [0, 0.1) is 12.8 Å². The van der Waals surface area contributed by atoms with E-state index in [1.807, 2.05) is 25.7 Å². The summed E-state index contributed by atoms with van der Waals surface area (Å²) in [6, 6.07) is 0.219. The van der Waals surface area contributed by atoms with Gasteiger partial charge in [0.05, 0.1) is 12.8 Å². The normalized spacial score (nSPS) is 21.7. The summed E-state index contributed by atoms with van der Waals surface area (Å²) in [5.74, 6) is -1.59. The van der Waals surface area contributed by atoms with Crippen molar-refractivity contribution in [2.45, 2.75) is 71.9 Å². The Balaban J connectivity index is 0.000000411. The van der Waals surface area contributed by atoms with E-state index >= 15 is 0 Å². The third-order valence-electron chi connectivity index (χ3n) is 5.33. The van der Waals surface area contributed by atoms with E-state index in [1.54, 1.807) is 30.9 Å². The Hall–Kier alpha value is -3.41. The van der Waals surface area contributed by atoms with Crippen LogP contribution in [0.15, 0.2) is 40.3 Å². The minimum atomic E-state index is -0.657. The van der Waals surface area contributed by atoms with Gasteiger partial charge in [-0.05, 0) is 60.3 Å². The van der Waals surface area contributed by atoms with Gasteiger partial charge in [-0.15, -0.1) is 12.8 Å². The van der Waals surface area contributed by atoms with E-state index in [-0.39, 0.29) is 43.0 Å². The maximum Gasteiger partial charge on any atom is 0.410 e. The lowest BCUT2D eigenvalue weighted by Gasteiger charge is -2.23. The smallest absolute Gasteiger partial charge is 0.410 e. The molecule has 0 bridgehead atoms. The topological polar surface area (TPSA) is 88.5 Å². The van der Waals surface area contributed by atoms with Gasteiger partial charge in [0.1, 0.15) is 23.5 Å². The van der Waals surface area contributed by atoms with Crippen LogP contribution in [-0.2, 0) is 19.1 Å². The summed E-state index contributed by atoms with van der Waals surface area (Å²) in [5, 5.41) is 0. The van der Waals surface area contributed by atoms with Crippen molar-refractivity contribution in [3.63, 3.8) is 0 Å². The summed E-state index contributed by atoms with van der Waals surface area (Å²) in [4.78, 5) is 43.0. The van der Waals surface area contributed by atoms with Crippen LogP contribution >= 0.6 is 0 Å². The molecule has 8 nitrogen and oxygen atoms in total. The predicted molar refractivity (Wildman–Crippen MR) is 143 cm³/mol. The summed E-state index contributed by atoms with van der Waals surface area (Å²) >= 11 is 0. The first-order valence-electron chi connectivity index (χ1n) is 12.6. The van der Waals surface area contributed by atoms with Gasteiger partial charge in [-0.2, -0.15) is 0 Å². The molecule has 3 aliphatic rings. The quantitative estimate of drug-likeness (QED) is 0.307. The number of likely N-dealkylation sites (tertiary alicyclic amines) is 1. The number of hydrogen-bond donors (Lipinski definition) is 0. The Morgan fingerprint density at radius 3 is 2.35 bits per heavy atom. The fourth-order valence-corrected chi connectivity index (χ4v) is 3.51. The Morgan fingerprint density at radius 2 is 1.84 bits per heavy atom. The number of allylic oxidation sites excluding steroid dienone is 2. The molecular formula is C28H40FN3O5. The van der Waals surface area contributed by atoms with Crippen molar-refractivity contribution in [1.82, 2.24) is 9.80 Å². The Labute approximate surface area is 220 Å². The molecule has 0 aromatic carbocycles. The third-order valence-corrected chi connectivity index (χ3v) is 5.33. The van der Waals surface area contributed by atoms with E-state index in [0.29, 0.717) is 5.57 Å². The second kappa shape index (κ2) is 15.6. The van der Waals surface area contributed by atoms with Crippen LogP contribution in [0.5, 0.6) is 0 Å². The molecule has 37 heavy (non-hydrogen) atoms. The van der Waals surface area contributed by atoms with Gasteiger partial charge in [-0.3, -0.25) is 9.79 Å². The number of carbonyl (C=O) groups is 3. The fourth-order valence-electron chi connectivity index (χ4n) is 3.51. The molecule has 0 N–H and O–H groups in total. The molecule has 0 spiro atoms. The van der Waals surface area contributed by atoms with Crippen LogP contribution in [-0.4, -0.2) is 78.3 Å². The fraction of sp³-hybridized carbons (Fsp3) is 0.571. The first-order chi connectivity index (χ1) is 17.6. The highest BCUT2D eigenvalue weighted by Gasteiger charge is 2.31. The maximum atomic E-state index is 14.2. The molecule has 1 amide bonds. The van der Waals surface area contributed by atoms with Gasteiger partial charge >= 0.3 is 12.1 Å². The van der Waals surface area contributed by atoms with Crippen molar-refractivity contribution in [3.8, 4) is 12.8 Å². The number of halogens is 1. The van der Waals surface area contributed by atoms with Gasteiger partial charge in [0.15, 0.2) is 5.78 Å². The number of amides is 1. The lowest BCUT2D eigenvalue weighted by molar-refractivity contribution is -0.140. The highest BCUT2D eigenvalue weighted by molar-refractivity contribution is 6.18. The molecule has 2 fully saturated rings. The number of terminal acetylenes is 1. The maximum absolute atomic E-state index is 14.2. The van der Waals surface area contributed by atoms with E-state index in [0.717, 1.165) is 45.0 Å². The van der Waals surface area contributed by atoms with Gasteiger partial charge in [0.25, 0.3) is 0 Å². The summed E-state index contributed by atoms with van der Waals surface area (Å²) in [5.41, 5.74) is 0.0784. The summed E-state index contributed by atoms with van der Waals surface area (Å²) in [6.07, 6.45) is 18.0. The molecule has 1 aliphatic carbocycles. The second-order valence-corrected chi connectivity index (χ2v) is 9.61. The number of ketones is 1. The molecule has 0 aromatic heterocycles. The summed E-state index contributed by atoms with van der Waals surface area (Å²) in [7, 11) is 0. The van der Waals surface area contributed by atoms with Crippen molar-refractivity contribution in [2.75, 3.05) is 32.8 Å². The van der Waals surface area contributed by atoms with E-state index in [9.17, 15) is 18.8 Å². The van der Waals surface area contributed by atoms with E-state index in [1.165, 1.54) is 6.20 Å². The van der Waals surface area contributed by atoms with Crippen LogP contribution in [0.3, 0.4) is 0 Å². The van der Waals surface area contributed by atoms with Crippen molar-refractivity contribution < 1.29 is 28.2 Å². The largest absolute Gasteiger partial charge is 0.462 e. The van der Waals surface area contributed by atoms with Crippen LogP contribution in [0.2, 0.25) is 0 Å². The molecule has 2 heterocycles. The van der Waals surface area contributed by atoms with Gasteiger partial charge in [0.2, 0.25) is 0 Å². The van der Waals surface area contributed by atoms with Crippen molar-refractivity contribution in [1.29, 1.82) is 0 Å². The third kappa shape index (κ3) is 11.5. The monoisotopic (exact) mass is 517 g/mol. The van der Waals surface area contributed by atoms with E-state index < -0.39 is 17.6 Å². The van der Waals surface area contributed by atoms with Crippen LogP contribution < -0.4 is 0 Å². The highest BCUT2D eigenvalue weighted by Crippen LogP contribution is 2.29. The average Bonchev–Trinajstić information content (AvgIpc) is 3.53. The molecule has 9 heteroatoms. The molecule has 3 rings (SSSR count). The Kier molecular flexibility index (Phi) is 13.4. The van der Waals surface area contributed by atoms with Gasteiger partial charge in [-0.25, -0.2) is 14.0 Å². The van der Waals surface area contributed by atoms with E-state index in [4.69, 9.17) is 9.47 Å². The Bertz CT molecular complexity index is 933. The van der Waals surface area contributed by atoms with Crippen LogP contribution in [0.25, 0.3) is 0 Å². The molecule has 0 atom stereocenters. The lowest BCUT2D eigenvalue weighted by atomic mass is 10.1. The number of esters is 1. The zero-order valence-corrected chi connectivity index (χ0v) is 22.7. The average molecular weight is 518 g/mol. The molecule has 1 saturated carbocycles. The second-order valence-electron chi connectivity index (χ2n) is 9.61. The van der Waals surface area contributed by atoms with Crippen LogP contribution in [0.4, 0.5) is 9.18 Å². The van der Waals surface area contributed by atoms with Gasteiger partial charge in [0, 0.05) is 37.4 Å². The molecule has 0 aromatic rings. The predicted octanol–water partition coefficient (Wildman–Crippen LogP) is 4.62. The number of Topliss-reactive ketones (excluding diaryl/α,β-unsaturated/α-hetero) is 1. The zero-order valence-electron chi connectivity index (χ0n) is 22.7. The number of aliphatic imine (C=N–C) groups is 1. The zero-order chi connectivity index (χ0) is 28.0. The standard InChI is InChI=1S/C17H21FN2O3.C9H17NO2.C2H2/c1-3-5-12-10-20(13-6-7-13)11-14(17(22)23-4-2)16(21)9-19-8-15(12)18;1-9(2,3)12-8(11)10-6-4-5-7-10;1-2/h3,5,8,11,13H,4,6-7,9-10H2,1-2H3;4-7H2,1-3H3;1-2H/b5-3-,14-11+,15-12+,19-8?;;. The lowest BCUT2D eigenvalue weighted by Crippen LogP contribution is -2.34. The molecular weight excluding hydrogens is 477 g/mol. The molecule has 0 radical (unpaired) electrons. The summed E-state index contributed by atoms with van der Waals surface area (Å²) in [6.45, 7) is 11.1. The van der Waals surface area contributed by atoms with Crippen molar-refractivity contribution in [3.05, 3.63) is 35.3 Å². The van der Waals surface area contributed by atoms with Crippen LogP contribution in [0.1, 0.15) is 60.3 Å². The van der Waals surface area contributed by atoms with Crippen molar-refractivity contribution in [2.24, 2.45) is 4.99 Å². The molecule has 0 unspecified atom stereocenters. The number of rotatable bonds is 4. The number of hydrogen-bond acceptors (Lipinski definition) is 7. The molecule has 1 saturated heterocycles. The first-order valence-corrected chi connectivity index (χ1v) is 12.6. The Morgan fingerprint density at radius 1 is 1.22 bits per heavy atom. The minimum Gasteiger partial charge on any atom is -0.462 e. The van der Waals surface area contributed by atoms with E-state index in [2.05, 4.69) is 17.8 Å². The number of carbonyl (C=O) groups excluding carboxylic acids is 3. The number of nitrogens with zero attached hydrogens (tertiary/aromatic N) is 3. The number of ether oxygens (including phenoxy) is 2. The molecule has 2 aliphatic heterocycles. The van der Waals surface area contributed by atoms with Gasteiger partial charge in [-0.1, -0.05) is 12.2 Å². The summed E-state index contributed by atoms with van der Waals surface area (Å²) < 4.78 is 24.3. The molecule has 204 valence electrons. The minimum absolute atomic E-state index is 0.0296. The SMILES string of the molecule is C#C.C/C=C\C1=C(/F)C=NCC(=O)/C(C(=O)OCC)=C\N(C2CC2)C1.CC(C)(C)OC(=O)N1CCCC1. The van der Waals surface area contributed by atoms with Gasteiger partial charge < -0.3 is 19.3 Å². The highest BCUT2D eigenvalue weighted by atomic mass is 19.1. The first kappa shape index (κ1) is 31.6. The van der Waals surface area contributed by atoms with Crippen molar-refractivity contribution >= 4 is 24.1 Å².